The minimum absolute atomic E-state index is 0.0193. The van der Waals surface area contributed by atoms with Crippen LogP contribution < -0.4 is 5.32 Å². The number of rotatable bonds is 5. The number of Topliss-reactive ketones (excluding diaryl/α,β-unsaturated/α-hetero) is 1. The highest BCUT2D eigenvalue weighted by Crippen LogP contribution is 2.19. The molecule has 1 rings (SSSR count). The summed E-state index contributed by atoms with van der Waals surface area (Å²) in [6.07, 6.45) is 0. The minimum atomic E-state index is -0.610. The largest absolute Gasteiger partial charge is 0.469 e. The van der Waals surface area contributed by atoms with Gasteiger partial charge in [-0.3, -0.25) is 9.59 Å². The molecule has 0 saturated carbocycles. The molecule has 1 N–H and O–H groups in total. The first-order valence-corrected chi connectivity index (χ1v) is 5.80. The molecule has 0 aliphatic rings. The van der Waals surface area contributed by atoms with Gasteiger partial charge >= 0.3 is 5.97 Å². The van der Waals surface area contributed by atoms with E-state index in [1.807, 2.05) is 12.1 Å². The number of anilines is 1. The summed E-state index contributed by atoms with van der Waals surface area (Å²) in [6, 6.07) is 7.21. The first-order chi connectivity index (χ1) is 8.36. The van der Waals surface area contributed by atoms with E-state index in [2.05, 4.69) is 5.32 Å². The number of ether oxygens (including phenoxy) is 1. The number of esters is 1. The van der Waals surface area contributed by atoms with Crippen LogP contribution in [0, 0.1) is 5.41 Å². The number of hydrogen-bond donors (Lipinski definition) is 1. The second kappa shape index (κ2) is 5.67. The quantitative estimate of drug-likeness (QED) is 0.643. The van der Waals surface area contributed by atoms with Gasteiger partial charge in [-0.1, -0.05) is 12.1 Å². The molecule has 0 spiro atoms. The van der Waals surface area contributed by atoms with E-state index in [1.54, 1.807) is 26.0 Å². The van der Waals surface area contributed by atoms with Crippen molar-refractivity contribution in [2.45, 2.75) is 20.8 Å². The Kier molecular flexibility index (Phi) is 4.48. The zero-order chi connectivity index (χ0) is 13.8. The second-order valence-electron chi connectivity index (χ2n) is 4.87. The van der Waals surface area contributed by atoms with Crippen LogP contribution in [-0.4, -0.2) is 25.4 Å². The van der Waals surface area contributed by atoms with Crippen LogP contribution >= 0.6 is 0 Å². The molecule has 0 fully saturated rings. The standard InChI is InChI=1S/C14H19NO3/c1-10(16)11-6-5-7-12(8-11)15-9-14(2,3)13(17)18-4/h5-8,15H,9H2,1-4H3. The summed E-state index contributed by atoms with van der Waals surface area (Å²) in [7, 11) is 1.38. The zero-order valence-electron chi connectivity index (χ0n) is 11.2. The summed E-state index contributed by atoms with van der Waals surface area (Å²) in [4.78, 5) is 22.8. The molecule has 18 heavy (non-hydrogen) atoms. The normalized spacial score (nSPS) is 10.9. The Labute approximate surface area is 107 Å². The molecule has 1 aromatic rings. The zero-order valence-corrected chi connectivity index (χ0v) is 11.2. The van der Waals surface area contributed by atoms with Gasteiger partial charge in [-0.25, -0.2) is 0 Å². The summed E-state index contributed by atoms with van der Waals surface area (Å²) in [5.74, 6) is -0.247. The van der Waals surface area contributed by atoms with E-state index in [9.17, 15) is 9.59 Å². The molecule has 0 bridgehead atoms. The maximum Gasteiger partial charge on any atom is 0.313 e. The highest BCUT2D eigenvalue weighted by atomic mass is 16.5. The average molecular weight is 249 g/mol. The lowest BCUT2D eigenvalue weighted by atomic mass is 9.93. The van der Waals surface area contributed by atoms with Crippen molar-refractivity contribution in [2.75, 3.05) is 19.0 Å². The third kappa shape index (κ3) is 3.58. The molecule has 4 nitrogen and oxygen atoms in total. The molecule has 0 atom stereocenters. The number of ketones is 1. The maximum absolute atomic E-state index is 11.5. The number of carbonyl (C=O) groups is 2. The summed E-state index contributed by atoms with van der Waals surface area (Å²) < 4.78 is 4.73. The maximum atomic E-state index is 11.5. The molecule has 4 heteroatoms. The minimum Gasteiger partial charge on any atom is -0.469 e. The van der Waals surface area contributed by atoms with Crippen LogP contribution in [-0.2, 0) is 9.53 Å². The Bertz CT molecular complexity index is 452. The van der Waals surface area contributed by atoms with Gasteiger partial charge in [0, 0.05) is 17.8 Å². The van der Waals surface area contributed by atoms with E-state index in [0.717, 1.165) is 5.69 Å². The van der Waals surface area contributed by atoms with Gasteiger partial charge in [-0.05, 0) is 32.9 Å². The molecule has 0 radical (unpaired) electrons. The van der Waals surface area contributed by atoms with Crippen LogP contribution in [0.1, 0.15) is 31.1 Å². The Morgan fingerprint density at radius 1 is 1.33 bits per heavy atom. The highest BCUT2D eigenvalue weighted by Gasteiger charge is 2.28. The number of methoxy groups -OCH3 is 1. The van der Waals surface area contributed by atoms with Crippen LogP contribution in [0.4, 0.5) is 5.69 Å². The van der Waals surface area contributed by atoms with Crippen LogP contribution in [0.25, 0.3) is 0 Å². The highest BCUT2D eigenvalue weighted by molar-refractivity contribution is 5.94. The fourth-order valence-electron chi connectivity index (χ4n) is 1.52. The SMILES string of the molecule is COC(=O)C(C)(C)CNc1cccc(C(C)=O)c1. The predicted octanol–water partition coefficient (Wildman–Crippen LogP) is 2.50. The first kappa shape index (κ1) is 14.2. The number of hydrogen-bond acceptors (Lipinski definition) is 4. The Morgan fingerprint density at radius 2 is 2.00 bits per heavy atom. The topological polar surface area (TPSA) is 55.4 Å². The van der Waals surface area contributed by atoms with Gasteiger partial charge in [0.2, 0.25) is 0 Å². The molecule has 0 amide bonds. The molecule has 0 heterocycles. The molecule has 0 saturated heterocycles. The molecular formula is C14H19NO3. The van der Waals surface area contributed by atoms with Crippen molar-refractivity contribution in [3.05, 3.63) is 29.8 Å². The van der Waals surface area contributed by atoms with E-state index in [-0.39, 0.29) is 11.8 Å². The fourth-order valence-corrected chi connectivity index (χ4v) is 1.52. The van der Waals surface area contributed by atoms with Gasteiger partial charge in [0.15, 0.2) is 5.78 Å². The van der Waals surface area contributed by atoms with Crippen LogP contribution in [0.15, 0.2) is 24.3 Å². The van der Waals surface area contributed by atoms with E-state index >= 15 is 0 Å². The monoisotopic (exact) mass is 249 g/mol. The summed E-state index contributed by atoms with van der Waals surface area (Å²) in [5.41, 5.74) is 0.858. The smallest absolute Gasteiger partial charge is 0.313 e. The van der Waals surface area contributed by atoms with E-state index < -0.39 is 5.41 Å². The Hall–Kier alpha value is -1.84. The lowest BCUT2D eigenvalue weighted by Gasteiger charge is -2.22. The van der Waals surface area contributed by atoms with Crippen molar-refractivity contribution >= 4 is 17.4 Å². The van der Waals surface area contributed by atoms with E-state index in [4.69, 9.17) is 4.74 Å². The third-order valence-corrected chi connectivity index (χ3v) is 2.74. The lowest BCUT2D eigenvalue weighted by Crippen LogP contribution is -2.33. The van der Waals surface area contributed by atoms with Crippen molar-refractivity contribution in [1.82, 2.24) is 0 Å². The fraction of sp³-hybridized carbons (Fsp3) is 0.429. The van der Waals surface area contributed by atoms with Crippen LogP contribution in [0.5, 0.6) is 0 Å². The van der Waals surface area contributed by atoms with Gasteiger partial charge in [0.1, 0.15) is 0 Å². The summed E-state index contributed by atoms with van der Waals surface area (Å²) >= 11 is 0. The van der Waals surface area contributed by atoms with Gasteiger partial charge in [0.05, 0.1) is 12.5 Å². The number of benzene rings is 1. The summed E-state index contributed by atoms with van der Waals surface area (Å²) in [6.45, 7) is 5.58. The van der Waals surface area contributed by atoms with Gasteiger partial charge < -0.3 is 10.1 Å². The molecule has 0 aromatic heterocycles. The molecular weight excluding hydrogens is 230 g/mol. The van der Waals surface area contributed by atoms with Gasteiger partial charge in [0.25, 0.3) is 0 Å². The Balaban J connectivity index is 2.72. The Morgan fingerprint density at radius 3 is 2.56 bits per heavy atom. The molecule has 0 unspecified atom stereocenters. The summed E-state index contributed by atoms with van der Waals surface area (Å²) in [5, 5.41) is 3.14. The van der Waals surface area contributed by atoms with Gasteiger partial charge in [-0.15, -0.1) is 0 Å². The number of nitrogens with one attached hydrogen (secondary N) is 1. The van der Waals surface area contributed by atoms with Crippen molar-refractivity contribution in [3.8, 4) is 0 Å². The van der Waals surface area contributed by atoms with Crippen LogP contribution in [0.3, 0.4) is 0 Å². The lowest BCUT2D eigenvalue weighted by molar-refractivity contribution is -0.149. The third-order valence-electron chi connectivity index (χ3n) is 2.74. The molecule has 0 aliphatic carbocycles. The van der Waals surface area contributed by atoms with E-state index in [1.165, 1.54) is 14.0 Å². The molecule has 98 valence electrons. The van der Waals surface area contributed by atoms with E-state index in [0.29, 0.717) is 12.1 Å². The molecule has 1 aromatic carbocycles. The van der Waals surface area contributed by atoms with Crippen molar-refractivity contribution < 1.29 is 14.3 Å². The predicted molar refractivity (Wildman–Crippen MR) is 70.7 cm³/mol. The molecule has 0 aliphatic heterocycles. The van der Waals surface area contributed by atoms with Crippen molar-refractivity contribution in [2.24, 2.45) is 5.41 Å². The van der Waals surface area contributed by atoms with Crippen molar-refractivity contribution in [1.29, 1.82) is 0 Å². The van der Waals surface area contributed by atoms with Crippen molar-refractivity contribution in [3.63, 3.8) is 0 Å². The van der Waals surface area contributed by atoms with Crippen LogP contribution in [0.2, 0.25) is 0 Å². The average Bonchev–Trinajstić information content (AvgIpc) is 2.35. The van der Waals surface area contributed by atoms with Gasteiger partial charge in [-0.2, -0.15) is 0 Å². The number of carbonyl (C=O) groups excluding carboxylic acids is 2. The second-order valence-corrected chi connectivity index (χ2v) is 4.87. The first-order valence-electron chi connectivity index (χ1n) is 5.80.